The standard InChI is InChI=1S/C27H23FN4O3/c1-15(2)31-10-9-29-25(31)23-5-4-6-24(30-23)32-14-18-8-7-17(11-21(18)26(32)33)20-12-19(27(34)35)13-22(28)16(20)3/h4-13,15H,14H2,1-3H3,(H,34,35). The van der Waals surface area contributed by atoms with Crippen LogP contribution in [0.2, 0.25) is 0 Å². The zero-order valence-corrected chi connectivity index (χ0v) is 19.5. The normalized spacial score (nSPS) is 12.9. The summed E-state index contributed by atoms with van der Waals surface area (Å²) in [4.78, 5) is 35.6. The summed E-state index contributed by atoms with van der Waals surface area (Å²) < 4.78 is 16.4. The van der Waals surface area contributed by atoms with E-state index in [1.807, 2.05) is 29.0 Å². The summed E-state index contributed by atoms with van der Waals surface area (Å²) in [5.74, 6) is -0.791. The fourth-order valence-electron chi connectivity index (χ4n) is 4.38. The van der Waals surface area contributed by atoms with Gasteiger partial charge in [0, 0.05) is 24.0 Å². The van der Waals surface area contributed by atoms with Crippen molar-refractivity contribution in [3.05, 3.63) is 89.0 Å². The van der Waals surface area contributed by atoms with Crippen molar-refractivity contribution in [1.29, 1.82) is 0 Å². The molecule has 1 aliphatic rings. The smallest absolute Gasteiger partial charge is 0.335 e. The number of amides is 1. The molecule has 5 rings (SSSR count). The summed E-state index contributed by atoms with van der Waals surface area (Å²) in [6, 6.07) is 13.4. The van der Waals surface area contributed by atoms with Crippen LogP contribution in [0.3, 0.4) is 0 Å². The number of rotatable bonds is 5. The first-order chi connectivity index (χ1) is 16.7. The number of carbonyl (C=O) groups is 2. The summed E-state index contributed by atoms with van der Waals surface area (Å²) in [6.45, 7) is 6.07. The molecule has 0 unspecified atom stereocenters. The lowest BCUT2D eigenvalue weighted by molar-refractivity contribution is 0.0696. The first-order valence-corrected chi connectivity index (χ1v) is 11.2. The van der Waals surface area contributed by atoms with E-state index in [-0.39, 0.29) is 17.5 Å². The molecular weight excluding hydrogens is 447 g/mol. The zero-order valence-electron chi connectivity index (χ0n) is 19.5. The molecule has 1 N–H and O–H groups in total. The quantitative estimate of drug-likeness (QED) is 0.416. The van der Waals surface area contributed by atoms with E-state index in [4.69, 9.17) is 4.98 Å². The number of halogens is 1. The molecule has 1 aliphatic heterocycles. The second-order valence-electron chi connectivity index (χ2n) is 8.83. The Morgan fingerprint density at radius 3 is 2.66 bits per heavy atom. The minimum atomic E-state index is -1.21. The number of carbonyl (C=O) groups excluding carboxylic acids is 1. The van der Waals surface area contributed by atoms with Crippen LogP contribution in [0.15, 0.2) is 60.9 Å². The van der Waals surface area contributed by atoms with Crippen molar-refractivity contribution in [2.45, 2.75) is 33.4 Å². The van der Waals surface area contributed by atoms with Crippen molar-refractivity contribution >= 4 is 17.7 Å². The van der Waals surface area contributed by atoms with Crippen molar-refractivity contribution in [3.8, 4) is 22.6 Å². The third-order valence-corrected chi connectivity index (χ3v) is 6.28. The van der Waals surface area contributed by atoms with Crippen molar-refractivity contribution < 1.29 is 19.1 Å². The third kappa shape index (κ3) is 3.86. The molecule has 0 spiro atoms. The number of aromatic nitrogens is 3. The Bertz CT molecular complexity index is 1490. The molecule has 1 amide bonds. The van der Waals surface area contributed by atoms with Crippen LogP contribution in [0.1, 0.15) is 51.7 Å². The van der Waals surface area contributed by atoms with E-state index >= 15 is 0 Å². The van der Waals surface area contributed by atoms with Gasteiger partial charge in [-0.05, 0) is 73.4 Å². The maximum absolute atomic E-state index is 14.4. The largest absolute Gasteiger partial charge is 0.478 e. The van der Waals surface area contributed by atoms with Crippen molar-refractivity contribution in [1.82, 2.24) is 14.5 Å². The van der Waals surface area contributed by atoms with Gasteiger partial charge in [-0.1, -0.05) is 18.2 Å². The van der Waals surface area contributed by atoms with Crippen LogP contribution in [0.25, 0.3) is 22.6 Å². The number of aromatic carboxylic acids is 1. The molecular formula is C27H23FN4O3. The lowest BCUT2D eigenvalue weighted by Gasteiger charge is -2.16. The highest BCUT2D eigenvalue weighted by Gasteiger charge is 2.30. The summed E-state index contributed by atoms with van der Waals surface area (Å²) in [5, 5.41) is 9.33. The maximum atomic E-state index is 14.4. The Hall–Kier alpha value is -4.33. The van der Waals surface area contributed by atoms with Gasteiger partial charge in [-0.3, -0.25) is 9.69 Å². The minimum Gasteiger partial charge on any atom is -0.478 e. The number of hydrogen-bond acceptors (Lipinski definition) is 4. The zero-order chi connectivity index (χ0) is 24.9. The van der Waals surface area contributed by atoms with E-state index in [1.165, 1.54) is 6.07 Å². The van der Waals surface area contributed by atoms with Crippen LogP contribution >= 0.6 is 0 Å². The average Bonchev–Trinajstić information content (AvgIpc) is 3.46. The van der Waals surface area contributed by atoms with E-state index in [2.05, 4.69) is 18.8 Å². The molecule has 8 heteroatoms. The highest BCUT2D eigenvalue weighted by Crippen LogP contribution is 2.34. The topological polar surface area (TPSA) is 88.3 Å². The Labute approximate surface area is 201 Å². The molecule has 35 heavy (non-hydrogen) atoms. The number of benzene rings is 2. The monoisotopic (exact) mass is 470 g/mol. The number of hydrogen-bond donors (Lipinski definition) is 1. The molecule has 2 aromatic heterocycles. The first-order valence-electron chi connectivity index (χ1n) is 11.2. The van der Waals surface area contributed by atoms with E-state index < -0.39 is 11.8 Å². The summed E-state index contributed by atoms with van der Waals surface area (Å²) in [6.07, 6.45) is 3.63. The van der Waals surface area contributed by atoms with Gasteiger partial charge in [0.25, 0.3) is 5.91 Å². The third-order valence-electron chi connectivity index (χ3n) is 6.28. The lowest BCUT2D eigenvalue weighted by atomic mass is 9.95. The second kappa shape index (κ2) is 8.47. The van der Waals surface area contributed by atoms with Gasteiger partial charge in [0.15, 0.2) is 5.82 Å². The number of carboxylic acids is 1. The number of nitrogens with zero attached hydrogens (tertiary/aromatic N) is 4. The van der Waals surface area contributed by atoms with Crippen LogP contribution < -0.4 is 4.90 Å². The van der Waals surface area contributed by atoms with Gasteiger partial charge < -0.3 is 9.67 Å². The SMILES string of the molecule is Cc1c(F)cc(C(=O)O)cc1-c1ccc2c(c1)C(=O)N(c1cccc(-c3nccn3C(C)C)n1)C2. The molecule has 0 atom stereocenters. The lowest BCUT2D eigenvalue weighted by Crippen LogP contribution is -2.24. The summed E-state index contributed by atoms with van der Waals surface area (Å²) >= 11 is 0. The van der Waals surface area contributed by atoms with Gasteiger partial charge in [0.05, 0.1) is 12.1 Å². The van der Waals surface area contributed by atoms with Gasteiger partial charge in [0.1, 0.15) is 17.3 Å². The number of fused-ring (bicyclic) bond motifs is 1. The minimum absolute atomic E-state index is 0.141. The van der Waals surface area contributed by atoms with Crippen molar-refractivity contribution in [3.63, 3.8) is 0 Å². The van der Waals surface area contributed by atoms with Gasteiger partial charge in [0.2, 0.25) is 0 Å². The molecule has 4 aromatic rings. The molecule has 0 fully saturated rings. The Morgan fingerprint density at radius 2 is 1.91 bits per heavy atom. The summed E-state index contributed by atoms with van der Waals surface area (Å²) in [5.41, 5.74) is 3.18. The predicted molar refractivity (Wildman–Crippen MR) is 130 cm³/mol. The van der Waals surface area contributed by atoms with Gasteiger partial charge in [-0.2, -0.15) is 0 Å². The molecule has 2 aromatic carbocycles. The van der Waals surface area contributed by atoms with Gasteiger partial charge >= 0.3 is 5.97 Å². The Balaban J connectivity index is 1.50. The van der Waals surface area contributed by atoms with Crippen molar-refractivity contribution in [2.75, 3.05) is 4.90 Å². The van der Waals surface area contributed by atoms with Crippen LogP contribution in [0.4, 0.5) is 10.2 Å². The molecule has 0 saturated heterocycles. The maximum Gasteiger partial charge on any atom is 0.335 e. The molecule has 3 heterocycles. The van der Waals surface area contributed by atoms with Gasteiger partial charge in [-0.25, -0.2) is 19.2 Å². The Morgan fingerprint density at radius 1 is 1.11 bits per heavy atom. The molecule has 7 nitrogen and oxygen atoms in total. The highest BCUT2D eigenvalue weighted by atomic mass is 19.1. The van der Waals surface area contributed by atoms with Crippen LogP contribution in [-0.2, 0) is 6.54 Å². The highest BCUT2D eigenvalue weighted by molar-refractivity contribution is 6.10. The molecule has 0 bridgehead atoms. The van der Waals surface area contributed by atoms with Gasteiger partial charge in [-0.15, -0.1) is 0 Å². The predicted octanol–water partition coefficient (Wildman–Crippen LogP) is 5.50. The first kappa shape index (κ1) is 22.5. The number of pyridine rings is 1. The van der Waals surface area contributed by atoms with E-state index in [0.717, 1.165) is 17.5 Å². The molecule has 0 saturated carbocycles. The van der Waals surface area contributed by atoms with Crippen molar-refractivity contribution in [2.24, 2.45) is 0 Å². The fourth-order valence-corrected chi connectivity index (χ4v) is 4.38. The second-order valence-corrected chi connectivity index (χ2v) is 8.83. The number of imidazole rings is 1. The van der Waals surface area contributed by atoms with E-state index in [1.54, 1.807) is 36.2 Å². The summed E-state index contributed by atoms with van der Waals surface area (Å²) in [7, 11) is 0. The van der Waals surface area contributed by atoms with E-state index in [0.29, 0.717) is 40.3 Å². The average molecular weight is 471 g/mol. The number of carboxylic acid groups (broad SMARTS) is 1. The number of anilines is 1. The van der Waals surface area contributed by atoms with E-state index in [9.17, 15) is 19.1 Å². The van der Waals surface area contributed by atoms with Crippen LogP contribution in [-0.4, -0.2) is 31.5 Å². The molecule has 0 aliphatic carbocycles. The van der Waals surface area contributed by atoms with Crippen LogP contribution in [0.5, 0.6) is 0 Å². The Kier molecular flexibility index (Phi) is 5.43. The fraction of sp³-hybridized carbons (Fsp3) is 0.185. The van der Waals surface area contributed by atoms with Crippen LogP contribution in [0, 0.1) is 12.7 Å². The molecule has 0 radical (unpaired) electrons. The molecule has 176 valence electrons.